The van der Waals surface area contributed by atoms with Crippen molar-refractivity contribution in [2.45, 2.75) is 0 Å². The van der Waals surface area contributed by atoms with E-state index in [0.717, 1.165) is 0 Å². The maximum Gasteiger partial charge on any atom is 0.265 e. The molecule has 3 rings (SSSR count). The number of pyridine rings is 1. The fraction of sp³-hybridized carbons (Fsp3) is 0. The summed E-state index contributed by atoms with van der Waals surface area (Å²) in [5.41, 5.74) is 1.50. The van der Waals surface area contributed by atoms with Crippen molar-refractivity contribution >= 4 is 34.5 Å². The second-order valence-electron chi connectivity index (χ2n) is 4.91. The van der Waals surface area contributed by atoms with Crippen LogP contribution in [0, 0.1) is 5.21 Å². The molecule has 7 heteroatoms. The van der Waals surface area contributed by atoms with Crippen LogP contribution in [0.25, 0.3) is 0 Å². The molecule has 0 aliphatic heterocycles. The Balaban J connectivity index is 1.70. The van der Waals surface area contributed by atoms with Gasteiger partial charge in [0.05, 0.1) is 10.4 Å². The maximum atomic E-state index is 12.1. The molecule has 6 nitrogen and oxygen atoms in total. The molecule has 0 radical (unpaired) electrons. The highest BCUT2D eigenvalue weighted by Crippen LogP contribution is 2.18. The third-order valence-electron chi connectivity index (χ3n) is 3.19. The summed E-state index contributed by atoms with van der Waals surface area (Å²) in [4.78, 5) is 24.8. The number of nitrogens with one attached hydrogen (secondary N) is 2. The molecule has 24 heavy (non-hydrogen) atoms. The van der Waals surface area contributed by atoms with Crippen LogP contribution in [0.5, 0.6) is 0 Å². The highest BCUT2D eigenvalue weighted by molar-refractivity contribution is 7.12. The van der Waals surface area contributed by atoms with Crippen molar-refractivity contribution in [1.29, 1.82) is 0 Å². The zero-order valence-electron chi connectivity index (χ0n) is 12.4. The zero-order chi connectivity index (χ0) is 16.9. The molecule has 0 saturated carbocycles. The molecule has 1 aromatic carbocycles. The first-order chi connectivity index (χ1) is 11.6. The van der Waals surface area contributed by atoms with Crippen molar-refractivity contribution in [2.24, 2.45) is 0 Å². The van der Waals surface area contributed by atoms with Gasteiger partial charge in [-0.15, -0.1) is 11.3 Å². The van der Waals surface area contributed by atoms with Crippen LogP contribution >= 0.6 is 11.3 Å². The van der Waals surface area contributed by atoms with Gasteiger partial charge in [-0.1, -0.05) is 12.1 Å². The lowest BCUT2D eigenvalue weighted by Crippen LogP contribution is -2.25. The number of benzene rings is 1. The fourth-order valence-corrected chi connectivity index (χ4v) is 2.66. The molecular weight excluding hydrogens is 326 g/mol. The van der Waals surface area contributed by atoms with E-state index < -0.39 is 0 Å². The summed E-state index contributed by atoms with van der Waals surface area (Å²) in [7, 11) is 0. The molecule has 2 amide bonds. The monoisotopic (exact) mass is 339 g/mol. The van der Waals surface area contributed by atoms with Gasteiger partial charge in [-0.05, 0) is 29.6 Å². The predicted octanol–water partition coefficient (Wildman–Crippen LogP) is 2.89. The van der Waals surface area contributed by atoms with E-state index >= 15 is 0 Å². The van der Waals surface area contributed by atoms with Gasteiger partial charge >= 0.3 is 0 Å². The lowest BCUT2D eigenvalue weighted by molar-refractivity contribution is -0.605. The van der Waals surface area contributed by atoms with Crippen LogP contribution in [0.2, 0.25) is 0 Å². The van der Waals surface area contributed by atoms with Crippen molar-refractivity contribution in [1.82, 2.24) is 0 Å². The number of hydrogen-bond acceptors (Lipinski definition) is 4. The Morgan fingerprint density at radius 2 is 1.58 bits per heavy atom. The van der Waals surface area contributed by atoms with Crippen LogP contribution < -0.4 is 15.4 Å². The largest absolute Gasteiger partial charge is 0.619 e. The summed E-state index contributed by atoms with van der Waals surface area (Å²) >= 11 is 1.35. The van der Waals surface area contributed by atoms with Gasteiger partial charge in [0.25, 0.3) is 11.8 Å². The Morgan fingerprint density at radius 3 is 2.21 bits per heavy atom. The summed E-state index contributed by atoms with van der Waals surface area (Å²) in [6.45, 7) is 0. The second-order valence-corrected chi connectivity index (χ2v) is 5.86. The van der Waals surface area contributed by atoms with E-state index in [1.807, 2.05) is 11.4 Å². The fourth-order valence-electron chi connectivity index (χ4n) is 2.04. The van der Waals surface area contributed by atoms with Gasteiger partial charge in [0.2, 0.25) is 0 Å². The Labute approximate surface area is 142 Å². The number of rotatable bonds is 4. The number of carbonyl (C=O) groups is 2. The minimum Gasteiger partial charge on any atom is -0.619 e. The van der Waals surface area contributed by atoms with Gasteiger partial charge < -0.3 is 15.8 Å². The summed E-state index contributed by atoms with van der Waals surface area (Å²) < 4.78 is 0.609. The lowest BCUT2D eigenvalue weighted by Gasteiger charge is -2.08. The van der Waals surface area contributed by atoms with E-state index in [4.69, 9.17) is 0 Å². The Kier molecular flexibility index (Phi) is 4.53. The number of amides is 2. The summed E-state index contributed by atoms with van der Waals surface area (Å²) in [6.07, 6.45) is 2.51. The first-order valence-electron chi connectivity index (χ1n) is 7.07. The maximum absolute atomic E-state index is 12.1. The van der Waals surface area contributed by atoms with E-state index in [9.17, 15) is 14.8 Å². The van der Waals surface area contributed by atoms with Crippen molar-refractivity contribution in [3.05, 3.63) is 82.0 Å². The zero-order valence-corrected chi connectivity index (χ0v) is 13.2. The smallest absolute Gasteiger partial charge is 0.265 e. The van der Waals surface area contributed by atoms with E-state index in [-0.39, 0.29) is 11.8 Å². The molecule has 2 aromatic heterocycles. The first-order valence-corrected chi connectivity index (χ1v) is 7.95. The van der Waals surface area contributed by atoms with Gasteiger partial charge in [0.1, 0.15) is 0 Å². The number of carbonyl (C=O) groups excluding carboxylic acids is 2. The Morgan fingerprint density at radius 1 is 0.917 bits per heavy atom. The molecule has 0 aliphatic carbocycles. The minimum atomic E-state index is -0.336. The number of hydrogen-bond donors (Lipinski definition) is 2. The molecule has 2 N–H and O–H groups in total. The SMILES string of the molecule is O=C(Nc1cccc(NC(=O)c2cccs2)c1)c1cc[n+]([O-])cc1. The molecule has 2 heterocycles. The standard InChI is InChI=1S/C17H13N3O3S/c21-16(12-6-8-20(23)9-7-12)18-13-3-1-4-14(11-13)19-17(22)15-5-2-10-24-15/h1-11H,(H,18,21)(H,19,22). The number of thiophene rings is 1. The first kappa shape index (κ1) is 15.7. The lowest BCUT2D eigenvalue weighted by atomic mass is 10.2. The Bertz CT molecular complexity index is 861. The third-order valence-corrected chi connectivity index (χ3v) is 4.06. The average molecular weight is 339 g/mol. The van der Waals surface area contributed by atoms with Crippen LogP contribution in [0.1, 0.15) is 20.0 Å². The van der Waals surface area contributed by atoms with Crippen LogP contribution in [0.15, 0.2) is 66.3 Å². The quantitative estimate of drug-likeness (QED) is 0.566. The normalized spacial score (nSPS) is 10.2. The highest BCUT2D eigenvalue weighted by atomic mass is 32.1. The highest BCUT2D eigenvalue weighted by Gasteiger charge is 2.09. The number of anilines is 2. The number of aromatic nitrogens is 1. The number of nitrogens with zero attached hydrogens (tertiary/aromatic N) is 1. The molecule has 120 valence electrons. The molecule has 0 unspecified atom stereocenters. The summed E-state index contributed by atoms with van der Waals surface area (Å²) in [5, 5.41) is 18.3. The van der Waals surface area contributed by atoms with Crippen molar-refractivity contribution in [3.8, 4) is 0 Å². The van der Waals surface area contributed by atoms with Crippen molar-refractivity contribution in [3.63, 3.8) is 0 Å². The molecule has 3 aromatic rings. The summed E-state index contributed by atoms with van der Waals surface area (Å²) in [6, 6.07) is 13.3. The topological polar surface area (TPSA) is 85.1 Å². The third kappa shape index (κ3) is 3.76. The van der Waals surface area contributed by atoms with Gasteiger partial charge in [-0.2, -0.15) is 4.73 Å². The van der Waals surface area contributed by atoms with Crippen molar-refractivity contribution in [2.75, 3.05) is 10.6 Å². The summed E-state index contributed by atoms with van der Waals surface area (Å²) in [5.74, 6) is -0.533. The molecule has 0 bridgehead atoms. The van der Waals surface area contributed by atoms with E-state index in [0.29, 0.717) is 26.5 Å². The van der Waals surface area contributed by atoms with Gasteiger partial charge in [0.15, 0.2) is 12.4 Å². The Hall–Kier alpha value is -3.19. The van der Waals surface area contributed by atoms with Crippen LogP contribution in [-0.2, 0) is 0 Å². The predicted molar refractivity (Wildman–Crippen MR) is 92.1 cm³/mol. The van der Waals surface area contributed by atoms with Crippen LogP contribution in [-0.4, -0.2) is 11.8 Å². The minimum absolute atomic E-state index is 0.198. The van der Waals surface area contributed by atoms with Crippen LogP contribution in [0.3, 0.4) is 0 Å². The molecule has 0 saturated heterocycles. The van der Waals surface area contributed by atoms with Crippen molar-refractivity contribution < 1.29 is 14.3 Å². The average Bonchev–Trinajstić information content (AvgIpc) is 3.10. The second kappa shape index (κ2) is 6.93. The van der Waals surface area contributed by atoms with Gasteiger partial charge in [-0.3, -0.25) is 9.59 Å². The molecule has 0 fully saturated rings. The van der Waals surface area contributed by atoms with E-state index in [2.05, 4.69) is 10.6 Å². The molecular formula is C17H13N3O3S. The van der Waals surface area contributed by atoms with Gasteiger partial charge in [-0.25, -0.2) is 0 Å². The molecule has 0 atom stereocenters. The molecule has 0 spiro atoms. The van der Waals surface area contributed by atoms with Gasteiger partial charge in [0, 0.05) is 23.5 Å². The van der Waals surface area contributed by atoms with E-state index in [1.54, 1.807) is 30.3 Å². The molecule has 0 aliphatic rings. The van der Waals surface area contributed by atoms with Crippen LogP contribution in [0.4, 0.5) is 11.4 Å². The van der Waals surface area contributed by atoms with E-state index in [1.165, 1.54) is 35.9 Å².